The maximum absolute atomic E-state index is 11.3. The highest BCUT2D eigenvalue weighted by Gasteiger charge is 2.13. The monoisotopic (exact) mass is 391 g/mol. The van der Waals surface area contributed by atoms with Gasteiger partial charge in [-0.3, -0.25) is 4.55 Å². The summed E-state index contributed by atoms with van der Waals surface area (Å²) in [5.74, 6) is 0. The minimum atomic E-state index is -4.02. The summed E-state index contributed by atoms with van der Waals surface area (Å²) in [5, 5.41) is 26.1. The maximum Gasteiger partial charge on any atom is 0.340 e. The van der Waals surface area contributed by atoms with E-state index in [1.165, 1.54) is 12.1 Å². The van der Waals surface area contributed by atoms with Crippen LogP contribution in [0.5, 0.6) is 0 Å². The Morgan fingerprint density at radius 3 is 1.31 bits per heavy atom. The first-order chi connectivity index (χ1) is 12.1. The van der Waals surface area contributed by atoms with E-state index in [-0.39, 0.29) is 4.90 Å². The predicted octanol–water partition coefficient (Wildman–Crippen LogP) is -2.74. The fraction of sp³-hybridized carbons (Fsp3) is 0.308. The van der Waals surface area contributed by atoms with Crippen molar-refractivity contribution in [2.24, 2.45) is 0 Å². The van der Waals surface area contributed by atoms with E-state index in [9.17, 15) is 22.8 Å². The Labute approximate surface area is 146 Å². The Morgan fingerprint density at radius 1 is 0.769 bits per heavy atom. The van der Waals surface area contributed by atoms with Crippen LogP contribution in [0, 0.1) is 6.92 Å². The van der Waals surface area contributed by atoms with Gasteiger partial charge in [0.25, 0.3) is 10.1 Å². The number of aromatic nitrogens is 3. The molecule has 0 atom stereocenters. The topological polar surface area (TPSA) is 181 Å². The molecule has 0 fully saturated rings. The quantitative estimate of drug-likeness (QED) is 0.402. The molecular weight excluding hydrogens is 374 g/mol. The summed E-state index contributed by atoms with van der Waals surface area (Å²) in [7, 11) is -4.02. The van der Waals surface area contributed by atoms with E-state index >= 15 is 0 Å². The molecule has 0 saturated heterocycles. The molecular formula is C13H17N3O9S. The van der Waals surface area contributed by atoms with Crippen molar-refractivity contribution in [1.29, 1.82) is 0 Å². The first-order valence-corrected chi connectivity index (χ1v) is 8.33. The molecule has 13 heteroatoms. The summed E-state index contributed by atoms with van der Waals surface area (Å²) in [5.41, 5.74) is -2.46. The van der Waals surface area contributed by atoms with Gasteiger partial charge in [-0.15, -0.1) is 0 Å². The fourth-order valence-corrected chi connectivity index (χ4v) is 2.24. The van der Waals surface area contributed by atoms with Gasteiger partial charge in [0.05, 0.1) is 4.90 Å². The van der Waals surface area contributed by atoms with Crippen LogP contribution in [0.2, 0.25) is 0 Å². The van der Waals surface area contributed by atoms with Gasteiger partial charge in [0.2, 0.25) is 0 Å². The highest BCUT2D eigenvalue weighted by Crippen LogP contribution is 2.08. The molecule has 0 amide bonds. The third-order valence-corrected chi connectivity index (χ3v) is 4.00. The van der Waals surface area contributed by atoms with Crippen LogP contribution in [0.3, 0.4) is 0 Å². The number of aliphatic hydroxyl groups excluding tert-OH is 3. The number of aryl methyl sites for hydroxylation is 1. The van der Waals surface area contributed by atoms with Gasteiger partial charge >= 0.3 is 17.1 Å². The second-order valence-corrected chi connectivity index (χ2v) is 6.27. The number of benzene rings is 1. The van der Waals surface area contributed by atoms with E-state index in [0.717, 1.165) is 5.56 Å². The van der Waals surface area contributed by atoms with Gasteiger partial charge in [-0.1, -0.05) is 17.7 Å². The highest BCUT2D eigenvalue weighted by atomic mass is 32.2. The SMILES string of the molecule is Cc1ccc(S(=O)(=O)O)cc1.O=c1n(CO)c(=O)n(CO)c(=O)n1CO. The van der Waals surface area contributed by atoms with Crippen LogP contribution in [0.25, 0.3) is 0 Å². The van der Waals surface area contributed by atoms with Crippen LogP contribution in [0.4, 0.5) is 0 Å². The molecule has 0 aliphatic heterocycles. The predicted molar refractivity (Wildman–Crippen MR) is 86.9 cm³/mol. The van der Waals surface area contributed by atoms with Crippen molar-refractivity contribution in [1.82, 2.24) is 13.7 Å². The Morgan fingerprint density at radius 2 is 1.08 bits per heavy atom. The van der Waals surface area contributed by atoms with E-state index in [0.29, 0.717) is 13.7 Å². The molecule has 12 nitrogen and oxygen atoms in total. The number of nitrogens with zero attached hydrogens (tertiary/aromatic N) is 3. The molecule has 4 N–H and O–H groups in total. The number of hydrogen-bond acceptors (Lipinski definition) is 8. The Balaban J connectivity index is 0.000000273. The second kappa shape index (κ2) is 8.68. The zero-order valence-electron chi connectivity index (χ0n) is 13.5. The Bertz CT molecular complexity index is 926. The van der Waals surface area contributed by atoms with E-state index in [1.807, 2.05) is 6.92 Å². The van der Waals surface area contributed by atoms with Gasteiger partial charge in [0.15, 0.2) is 0 Å². The highest BCUT2D eigenvalue weighted by molar-refractivity contribution is 7.85. The van der Waals surface area contributed by atoms with Gasteiger partial charge < -0.3 is 15.3 Å². The molecule has 1 aromatic carbocycles. The van der Waals surface area contributed by atoms with Gasteiger partial charge in [0.1, 0.15) is 20.2 Å². The third-order valence-electron chi connectivity index (χ3n) is 3.13. The lowest BCUT2D eigenvalue weighted by molar-refractivity contribution is 0.139. The molecule has 0 unspecified atom stereocenters. The average molecular weight is 391 g/mol. The van der Waals surface area contributed by atoms with Crippen molar-refractivity contribution in [3.63, 3.8) is 0 Å². The molecule has 0 aliphatic rings. The van der Waals surface area contributed by atoms with E-state index in [1.54, 1.807) is 12.1 Å². The molecule has 2 aromatic rings. The van der Waals surface area contributed by atoms with Gasteiger partial charge in [-0.05, 0) is 19.1 Å². The minimum Gasteiger partial charge on any atom is -0.376 e. The van der Waals surface area contributed by atoms with E-state index in [4.69, 9.17) is 19.9 Å². The summed E-state index contributed by atoms with van der Waals surface area (Å²) >= 11 is 0. The average Bonchev–Trinajstić information content (AvgIpc) is 2.56. The minimum absolute atomic E-state index is 0.0666. The largest absolute Gasteiger partial charge is 0.376 e. The van der Waals surface area contributed by atoms with Crippen LogP contribution < -0.4 is 17.1 Å². The molecule has 0 spiro atoms. The van der Waals surface area contributed by atoms with Crippen LogP contribution in [0.1, 0.15) is 5.56 Å². The van der Waals surface area contributed by atoms with Crippen LogP contribution >= 0.6 is 0 Å². The van der Waals surface area contributed by atoms with E-state index in [2.05, 4.69) is 0 Å². The smallest absolute Gasteiger partial charge is 0.340 e. The maximum atomic E-state index is 11.3. The van der Waals surface area contributed by atoms with Crippen LogP contribution in [-0.4, -0.2) is 42.0 Å². The van der Waals surface area contributed by atoms with Crippen molar-refractivity contribution in [3.8, 4) is 0 Å². The molecule has 2 rings (SSSR count). The van der Waals surface area contributed by atoms with Gasteiger partial charge in [-0.25, -0.2) is 28.1 Å². The molecule has 1 heterocycles. The lowest BCUT2D eigenvalue weighted by Crippen LogP contribution is -2.54. The summed E-state index contributed by atoms with van der Waals surface area (Å²) in [4.78, 5) is 33.7. The molecule has 0 bridgehead atoms. The van der Waals surface area contributed by atoms with Crippen LogP contribution in [-0.2, 0) is 30.3 Å². The van der Waals surface area contributed by atoms with Crippen molar-refractivity contribution in [2.45, 2.75) is 32.0 Å². The summed E-state index contributed by atoms with van der Waals surface area (Å²) in [6.45, 7) is -0.998. The van der Waals surface area contributed by atoms with Crippen molar-refractivity contribution >= 4 is 10.1 Å². The Kier molecular flexibility index (Phi) is 7.17. The first kappa shape index (κ1) is 21.5. The van der Waals surface area contributed by atoms with Crippen LogP contribution in [0.15, 0.2) is 43.5 Å². The van der Waals surface area contributed by atoms with E-state index < -0.39 is 47.4 Å². The van der Waals surface area contributed by atoms with Gasteiger partial charge in [-0.2, -0.15) is 8.42 Å². The van der Waals surface area contributed by atoms with Gasteiger partial charge in [0, 0.05) is 0 Å². The van der Waals surface area contributed by atoms with Crippen molar-refractivity contribution < 1.29 is 28.3 Å². The normalized spacial score (nSPS) is 11.0. The molecule has 26 heavy (non-hydrogen) atoms. The summed E-state index contributed by atoms with van der Waals surface area (Å²) < 4.78 is 30.4. The standard InChI is InChI=1S/C7H8O3S.C6H9N3O6/c1-6-2-4-7(5-3-6)11(8,9)10;10-1-7-4(13)8(2-11)6(15)9(3-12)5(7)14/h2-5H,1H3,(H,8,9,10);10-12H,1-3H2. The fourth-order valence-electron chi connectivity index (χ4n) is 1.76. The number of hydrogen-bond donors (Lipinski definition) is 4. The lowest BCUT2D eigenvalue weighted by atomic mass is 10.2. The molecule has 1 aromatic heterocycles. The molecule has 144 valence electrons. The second-order valence-electron chi connectivity index (χ2n) is 4.84. The zero-order chi connectivity index (χ0) is 20.1. The molecule has 0 saturated carbocycles. The third kappa shape index (κ3) is 4.74. The molecule has 0 aliphatic carbocycles. The van der Waals surface area contributed by atoms with Crippen molar-refractivity contribution in [2.75, 3.05) is 0 Å². The molecule has 0 radical (unpaired) electrons. The van der Waals surface area contributed by atoms with Crippen molar-refractivity contribution in [3.05, 3.63) is 61.3 Å². The summed E-state index contributed by atoms with van der Waals surface area (Å²) in [6.07, 6.45) is 0. The first-order valence-electron chi connectivity index (χ1n) is 6.89. The Hall–Kier alpha value is -2.58. The number of rotatable bonds is 4. The lowest BCUT2D eigenvalue weighted by Gasteiger charge is -2.08. The number of aliphatic hydroxyl groups is 3. The summed E-state index contributed by atoms with van der Waals surface area (Å²) in [6, 6.07) is 5.99. The zero-order valence-corrected chi connectivity index (χ0v) is 14.3.